The zero-order chi connectivity index (χ0) is 24.2. The largest absolute Gasteiger partial charge is 0.478 e. The van der Waals surface area contributed by atoms with Crippen molar-refractivity contribution in [3.05, 3.63) is 65.5 Å². The number of carboxylic acids is 1. The molecular weight excluding hydrogens is 439 g/mol. The summed E-state index contributed by atoms with van der Waals surface area (Å²) in [7, 11) is 0. The molecule has 0 fully saturated rings. The van der Waals surface area contributed by atoms with Gasteiger partial charge in [0.1, 0.15) is 5.75 Å². The van der Waals surface area contributed by atoms with E-state index in [1.54, 1.807) is 12.1 Å². The second kappa shape index (κ2) is 9.62. The van der Waals surface area contributed by atoms with Crippen LogP contribution in [0, 0.1) is 0 Å². The fourth-order valence-electron chi connectivity index (χ4n) is 2.97. The summed E-state index contributed by atoms with van der Waals surface area (Å²) in [6.07, 6.45) is -4.41. The highest BCUT2D eigenvalue weighted by molar-refractivity contribution is 5.76. The van der Waals surface area contributed by atoms with E-state index in [0.717, 1.165) is 17.7 Å². The maximum atomic E-state index is 12.7. The van der Waals surface area contributed by atoms with Gasteiger partial charge in [0.15, 0.2) is 5.60 Å². The first-order valence-corrected chi connectivity index (χ1v) is 10.2. The third-order valence-electron chi connectivity index (χ3n) is 4.95. The molecule has 0 aliphatic rings. The lowest BCUT2D eigenvalue weighted by molar-refractivity contribution is -0.152. The van der Waals surface area contributed by atoms with E-state index in [0.29, 0.717) is 36.8 Å². The van der Waals surface area contributed by atoms with E-state index < -0.39 is 23.3 Å². The Balaban J connectivity index is 1.62. The van der Waals surface area contributed by atoms with Gasteiger partial charge in [0, 0.05) is 12.1 Å². The zero-order valence-electron chi connectivity index (χ0n) is 18.4. The molecule has 0 unspecified atom stereocenters. The minimum absolute atomic E-state index is 0.150. The number of hydrogen-bond acceptors (Lipinski definition) is 6. The minimum atomic E-state index is -4.41. The number of ether oxygens (including phenoxy) is 1. The molecule has 0 spiro atoms. The topological polar surface area (TPSA) is 88.7 Å². The van der Waals surface area contributed by atoms with E-state index >= 15 is 0 Å². The molecule has 0 aliphatic carbocycles. The number of aromatic nitrogens is 2. The highest BCUT2D eigenvalue weighted by atomic mass is 19.4. The van der Waals surface area contributed by atoms with Crippen molar-refractivity contribution in [2.24, 2.45) is 0 Å². The lowest BCUT2D eigenvalue weighted by atomic mass is 10.1. The van der Waals surface area contributed by atoms with Crippen LogP contribution in [0.3, 0.4) is 0 Å². The van der Waals surface area contributed by atoms with Gasteiger partial charge in [0.25, 0.3) is 0 Å². The van der Waals surface area contributed by atoms with E-state index in [-0.39, 0.29) is 5.89 Å². The average molecular weight is 463 g/mol. The molecule has 176 valence electrons. The van der Waals surface area contributed by atoms with Crippen molar-refractivity contribution in [1.29, 1.82) is 0 Å². The second-order valence-corrected chi connectivity index (χ2v) is 7.94. The SMILES string of the molecule is CCN(Cc1ccc(OC(C)(C)C(=O)O)cc1)Cc1nnc(-c2ccc(C(F)(F)F)cc2)o1. The molecular formula is C23H24F3N3O4. The second-order valence-electron chi connectivity index (χ2n) is 7.94. The number of benzene rings is 2. The molecule has 0 saturated heterocycles. The Kier molecular flexibility index (Phi) is 7.06. The predicted molar refractivity (Wildman–Crippen MR) is 113 cm³/mol. The molecule has 0 radical (unpaired) electrons. The quantitative estimate of drug-likeness (QED) is 0.477. The minimum Gasteiger partial charge on any atom is -0.478 e. The van der Waals surface area contributed by atoms with Gasteiger partial charge in [-0.2, -0.15) is 13.2 Å². The monoisotopic (exact) mass is 463 g/mol. The van der Waals surface area contributed by atoms with Crippen LogP contribution in [0.2, 0.25) is 0 Å². The van der Waals surface area contributed by atoms with E-state index in [4.69, 9.17) is 9.15 Å². The van der Waals surface area contributed by atoms with Crippen molar-refractivity contribution in [3.63, 3.8) is 0 Å². The number of halogens is 3. The molecule has 0 aliphatic heterocycles. The van der Waals surface area contributed by atoms with Gasteiger partial charge in [-0.25, -0.2) is 4.79 Å². The number of carboxylic acid groups (broad SMARTS) is 1. The maximum absolute atomic E-state index is 12.7. The molecule has 33 heavy (non-hydrogen) atoms. The van der Waals surface area contributed by atoms with Crippen molar-refractivity contribution < 1.29 is 32.2 Å². The van der Waals surface area contributed by atoms with Gasteiger partial charge < -0.3 is 14.3 Å². The molecule has 3 aromatic rings. The molecule has 1 heterocycles. The predicted octanol–water partition coefficient (Wildman–Crippen LogP) is 5.02. The van der Waals surface area contributed by atoms with E-state index in [9.17, 15) is 23.1 Å². The van der Waals surface area contributed by atoms with Crippen LogP contribution < -0.4 is 4.74 Å². The van der Waals surface area contributed by atoms with E-state index in [1.807, 2.05) is 24.0 Å². The first-order valence-electron chi connectivity index (χ1n) is 10.2. The van der Waals surface area contributed by atoms with Crippen LogP contribution in [0.15, 0.2) is 52.9 Å². The van der Waals surface area contributed by atoms with E-state index in [2.05, 4.69) is 10.2 Å². The summed E-state index contributed by atoms with van der Waals surface area (Å²) < 4.78 is 49.3. The van der Waals surface area contributed by atoms with Gasteiger partial charge >= 0.3 is 12.1 Å². The molecule has 10 heteroatoms. The van der Waals surface area contributed by atoms with Crippen LogP contribution in [-0.4, -0.2) is 38.3 Å². The molecule has 7 nitrogen and oxygen atoms in total. The molecule has 1 aromatic heterocycles. The smallest absolute Gasteiger partial charge is 0.416 e. The summed E-state index contributed by atoms with van der Waals surface area (Å²) in [6.45, 7) is 6.53. The maximum Gasteiger partial charge on any atom is 0.416 e. The fourth-order valence-corrected chi connectivity index (χ4v) is 2.97. The molecule has 0 saturated carbocycles. The fraction of sp³-hybridized carbons (Fsp3) is 0.348. The molecule has 0 amide bonds. The van der Waals surface area contributed by atoms with Crippen molar-refractivity contribution in [3.8, 4) is 17.2 Å². The molecule has 1 N–H and O–H groups in total. The number of carbonyl (C=O) groups is 1. The molecule has 0 atom stereocenters. The van der Waals surface area contributed by atoms with Gasteiger partial charge in [-0.1, -0.05) is 19.1 Å². The van der Waals surface area contributed by atoms with Crippen LogP contribution in [0.5, 0.6) is 5.75 Å². The summed E-state index contributed by atoms with van der Waals surface area (Å²) in [5.74, 6) is -0.113. The first-order chi connectivity index (χ1) is 15.5. The van der Waals surface area contributed by atoms with Crippen molar-refractivity contribution in [1.82, 2.24) is 15.1 Å². The Labute approximate surface area is 188 Å². The van der Waals surface area contributed by atoms with Gasteiger partial charge in [-0.05, 0) is 62.4 Å². The Morgan fingerprint density at radius 3 is 2.21 bits per heavy atom. The lowest BCUT2D eigenvalue weighted by Gasteiger charge is -2.22. The Bertz CT molecular complexity index is 1080. The lowest BCUT2D eigenvalue weighted by Crippen LogP contribution is -2.37. The van der Waals surface area contributed by atoms with Crippen molar-refractivity contribution in [2.45, 2.75) is 45.6 Å². The Morgan fingerprint density at radius 2 is 1.67 bits per heavy atom. The average Bonchev–Trinajstić information content (AvgIpc) is 3.22. The summed E-state index contributed by atoms with van der Waals surface area (Å²) >= 11 is 0. The summed E-state index contributed by atoms with van der Waals surface area (Å²) in [6, 6.07) is 11.7. The van der Waals surface area contributed by atoms with Crippen LogP contribution in [-0.2, 0) is 24.1 Å². The highest BCUT2D eigenvalue weighted by Gasteiger charge is 2.30. The standard InChI is InChI=1S/C23H24F3N3O4/c1-4-29(13-15-5-11-18(12-6-15)33-22(2,3)21(30)31)14-19-27-28-20(32-19)16-7-9-17(10-8-16)23(24,25)26/h5-12H,4,13-14H2,1-3H3,(H,30,31). The van der Waals surface area contributed by atoms with Gasteiger partial charge in [-0.15, -0.1) is 10.2 Å². The van der Waals surface area contributed by atoms with Gasteiger partial charge in [-0.3, -0.25) is 4.90 Å². The van der Waals surface area contributed by atoms with Gasteiger partial charge in [0.2, 0.25) is 11.8 Å². The summed E-state index contributed by atoms with van der Waals surface area (Å²) in [4.78, 5) is 13.2. The van der Waals surface area contributed by atoms with Crippen LogP contribution in [0.4, 0.5) is 13.2 Å². The van der Waals surface area contributed by atoms with Crippen LogP contribution >= 0.6 is 0 Å². The number of rotatable bonds is 9. The number of hydrogen-bond donors (Lipinski definition) is 1. The third-order valence-corrected chi connectivity index (χ3v) is 4.95. The Morgan fingerprint density at radius 1 is 1.03 bits per heavy atom. The van der Waals surface area contributed by atoms with Crippen molar-refractivity contribution in [2.75, 3.05) is 6.54 Å². The summed E-state index contributed by atoms with van der Waals surface area (Å²) in [5.41, 5.74) is -0.699. The first kappa shape index (κ1) is 24.2. The molecule has 2 aromatic carbocycles. The zero-order valence-corrected chi connectivity index (χ0v) is 18.4. The van der Waals surface area contributed by atoms with Gasteiger partial charge in [0.05, 0.1) is 12.1 Å². The summed E-state index contributed by atoms with van der Waals surface area (Å²) in [5, 5.41) is 17.1. The van der Waals surface area contributed by atoms with E-state index in [1.165, 1.54) is 26.0 Å². The van der Waals surface area contributed by atoms with Crippen LogP contribution in [0.25, 0.3) is 11.5 Å². The molecule has 0 bridgehead atoms. The third kappa shape index (κ3) is 6.32. The van der Waals surface area contributed by atoms with Crippen molar-refractivity contribution >= 4 is 5.97 Å². The normalized spacial score (nSPS) is 12.2. The number of alkyl halides is 3. The Hall–Kier alpha value is -3.40. The number of aliphatic carboxylic acids is 1. The molecule has 3 rings (SSSR count). The van der Waals surface area contributed by atoms with Crippen LogP contribution in [0.1, 0.15) is 37.8 Å². The number of nitrogens with zero attached hydrogens (tertiary/aromatic N) is 3. The highest BCUT2D eigenvalue weighted by Crippen LogP contribution is 2.30.